The predicted octanol–water partition coefficient (Wildman–Crippen LogP) is 5.47. The summed E-state index contributed by atoms with van der Waals surface area (Å²) in [4.78, 5) is 4.06. The Bertz CT molecular complexity index is 879. The molecular formula is C19H25N. The maximum Gasteiger partial charge on any atom is 0.0839 e. The van der Waals surface area contributed by atoms with Crippen molar-refractivity contribution in [1.29, 1.82) is 0 Å². The number of aliphatic imine (C=N–C) groups is 1. The average molecular weight is 276 g/mol. The summed E-state index contributed by atoms with van der Waals surface area (Å²) >= 11 is 0. The molecule has 0 saturated heterocycles. The minimum atomic E-state index is -2.53. The van der Waals surface area contributed by atoms with Gasteiger partial charge in [-0.25, -0.2) is 0 Å². The molecule has 0 aromatic heterocycles. The summed E-state index contributed by atoms with van der Waals surface area (Å²) in [5, 5.41) is 0. The number of rotatable bonds is 2. The van der Waals surface area contributed by atoms with Crippen molar-refractivity contribution in [2.45, 2.75) is 58.2 Å². The molecule has 1 saturated carbocycles. The fraction of sp³-hybridized carbons (Fsp3) is 0.526. The topological polar surface area (TPSA) is 12.4 Å². The Labute approximate surface area is 135 Å². The van der Waals surface area contributed by atoms with E-state index in [9.17, 15) is 0 Å². The van der Waals surface area contributed by atoms with Gasteiger partial charge in [0, 0.05) is 18.7 Å². The standard InChI is InChI=1S/C19H25N/c1-14-11-19(20-13-15(14)2)18-10-6-9-17(12-18)16-7-4-3-5-8-16/h6,9-10,12-14,16H,3-5,7-8,11H2,1-2H3/i2D3,6D,9D,11D,12D,13D,16D. The van der Waals surface area contributed by atoms with Crippen LogP contribution in [0, 0.1) is 5.92 Å². The van der Waals surface area contributed by atoms with Gasteiger partial charge in [0.05, 0.1) is 5.48 Å². The molecule has 1 aromatic rings. The summed E-state index contributed by atoms with van der Waals surface area (Å²) < 4.78 is 73.6. The summed E-state index contributed by atoms with van der Waals surface area (Å²) in [6.45, 7) is -0.973. The van der Waals surface area contributed by atoms with Crippen LogP contribution in [0.5, 0.6) is 0 Å². The zero-order valence-electron chi connectivity index (χ0n) is 20.7. The van der Waals surface area contributed by atoms with Crippen LogP contribution in [0.4, 0.5) is 0 Å². The maximum absolute atomic E-state index is 8.86. The number of hydrogen-bond donors (Lipinski definition) is 0. The van der Waals surface area contributed by atoms with E-state index in [-0.39, 0.29) is 40.5 Å². The molecule has 0 spiro atoms. The molecule has 106 valence electrons. The van der Waals surface area contributed by atoms with Crippen LogP contribution in [0.2, 0.25) is 0 Å². The van der Waals surface area contributed by atoms with Crippen molar-refractivity contribution in [2.75, 3.05) is 0 Å². The van der Waals surface area contributed by atoms with Crippen LogP contribution in [-0.4, -0.2) is 5.71 Å². The van der Waals surface area contributed by atoms with E-state index in [4.69, 9.17) is 12.3 Å². The van der Waals surface area contributed by atoms with Crippen molar-refractivity contribution >= 4 is 5.71 Å². The monoisotopic (exact) mass is 276 g/mol. The third-order valence-electron chi connectivity index (χ3n) is 3.92. The summed E-state index contributed by atoms with van der Waals surface area (Å²) in [6, 6.07) is 0.895. The Hall–Kier alpha value is -1.37. The van der Waals surface area contributed by atoms with Crippen LogP contribution in [0.1, 0.15) is 81.6 Å². The van der Waals surface area contributed by atoms with Crippen LogP contribution in [0.15, 0.2) is 40.9 Å². The van der Waals surface area contributed by atoms with Crippen molar-refractivity contribution in [1.82, 2.24) is 0 Å². The lowest BCUT2D eigenvalue weighted by Gasteiger charge is -2.23. The molecule has 0 N–H and O–H groups in total. The molecule has 1 heteroatoms. The molecule has 2 atom stereocenters. The Morgan fingerprint density at radius 2 is 2.25 bits per heavy atom. The van der Waals surface area contributed by atoms with Crippen LogP contribution in [0.3, 0.4) is 0 Å². The maximum atomic E-state index is 8.86. The highest BCUT2D eigenvalue weighted by Crippen LogP contribution is 2.33. The summed E-state index contributed by atoms with van der Waals surface area (Å²) in [6.07, 6.45) is 2.11. The molecule has 1 aromatic carbocycles. The molecular weight excluding hydrogens is 242 g/mol. The van der Waals surface area contributed by atoms with E-state index in [1.807, 2.05) is 0 Å². The van der Waals surface area contributed by atoms with E-state index >= 15 is 0 Å². The zero-order chi connectivity index (χ0) is 21.7. The van der Waals surface area contributed by atoms with Gasteiger partial charge in [0.25, 0.3) is 0 Å². The molecule has 1 aliphatic heterocycles. The zero-order valence-corrected chi connectivity index (χ0v) is 11.7. The second-order valence-electron chi connectivity index (χ2n) is 5.47. The van der Waals surface area contributed by atoms with Crippen LogP contribution >= 0.6 is 0 Å². The summed E-state index contributed by atoms with van der Waals surface area (Å²) in [7, 11) is 0. The van der Waals surface area contributed by atoms with Gasteiger partial charge in [-0.2, -0.15) is 0 Å². The smallest absolute Gasteiger partial charge is 0.0839 e. The first-order chi connectivity index (χ1) is 13.4. The van der Waals surface area contributed by atoms with E-state index in [0.29, 0.717) is 12.8 Å². The van der Waals surface area contributed by atoms with E-state index in [2.05, 4.69) is 4.99 Å². The van der Waals surface area contributed by atoms with Crippen LogP contribution in [0.25, 0.3) is 0 Å². The summed E-state index contributed by atoms with van der Waals surface area (Å²) in [5.74, 6) is -1.92. The molecule has 1 fully saturated rings. The largest absolute Gasteiger partial charge is 0.261 e. The minimum absolute atomic E-state index is 0.0645. The number of nitrogens with zero attached hydrogens (tertiary/aromatic N) is 1. The molecule has 3 rings (SSSR count). The third-order valence-corrected chi connectivity index (χ3v) is 3.92. The quantitative estimate of drug-likeness (QED) is 0.679. The van der Waals surface area contributed by atoms with Gasteiger partial charge >= 0.3 is 0 Å². The lowest BCUT2D eigenvalue weighted by atomic mass is 9.83. The molecule has 1 heterocycles. The highest BCUT2D eigenvalue weighted by molar-refractivity contribution is 6.01. The molecule has 2 unspecified atom stereocenters. The first-order valence-corrected chi connectivity index (χ1v) is 7.22. The van der Waals surface area contributed by atoms with Crippen molar-refractivity contribution in [3.8, 4) is 0 Å². The van der Waals surface area contributed by atoms with E-state index in [1.165, 1.54) is 6.07 Å². The first kappa shape index (κ1) is 6.60. The van der Waals surface area contributed by atoms with Crippen molar-refractivity contribution < 1.29 is 12.3 Å². The Morgan fingerprint density at radius 3 is 3.05 bits per heavy atom. The van der Waals surface area contributed by atoms with Gasteiger partial charge in [-0.1, -0.05) is 49.9 Å². The molecule has 0 bridgehead atoms. The van der Waals surface area contributed by atoms with E-state index in [1.54, 1.807) is 6.92 Å². The van der Waals surface area contributed by atoms with Gasteiger partial charge in [-0.15, -0.1) is 0 Å². The molecule has 0 amide bonds. The van der Waals surface area contributed by atoms with Gasteiger partial charge in [0.1, 0.15) is 0 Å². The van der Waals surface area contributed by atoms with Gasteiger partial charge < -0.3 is 0 Å². The molecule has 20 heavy (non-hydrogen) atoms. The van der Waals surface area contributed by atoms with Crippen molar-refractivity contribution in [3.63, 3.8) is 0 Å². The van der Waals surface area contributed by atoms with Crippen LogP contribution < -0.4 is 0 Å². The molecule has 1 nitrogen and oxygen atoms in total. The fourth-order valence-corrected chi connectivity index (χ4v) is 2.66. The lowest BCUT2D eigenvalue weighted by molar-refractivity contribution is 0.443. The predicted molar refractivity (Wildman–Crippen MR) is 86.3 cm³/mol. The average Bonchev–Trinajstić information content (AvgIpc) is 2.61. The molecule has 2 aliphatic rings. The third kappa shape index (κ3) is 2.87. The number of allylic oxidation sites excluding steroid dienone is 1. The van der Waals surface area contributed by atoms with Crippen LogP contribution in [-0.2, 0) is 0 Å². The van der Waals surface area contributed by atoms with E-state index in [0.717, 1.165) is 19.3 Å². The lowest BCUT2D eigenvalue weighted by Crippen LogP contribution is -2.13. The number of benzene rings is 1. The highest BCUT2D eigenvalue weighted by atomic mass is 14.7. The Balaban J connectivity index is 2.21. The normalized spacial score (nSPS) is 37.0. The Morgan fingerprint density at radius 1 is 1.40 bits per heavy atom. The molecule has 0 radical (unpaired) electrons. The minimum Gasteiger partial charge on any atom is -0.261 e. The molecule has 1 aliphatic carbocycles. The Kier molecular flexibility index (Phi) is 1.96. The second kappa shape index (κ2) is 5.95. The number of hydrogen-bond acceptors (Lipinski definition) is 1. The van der Waals surface area contributed by atoms with Gasteiger partial charge in [-0.05, 0) is 55.1 Å². The summed E-state index contributed by atoms with van der Waals surface area (Å²) in [5.41, 5.74) is 0.217. The van der Waals surface area contributed by atoms with Gasteiger partial charge in [0.2, 0.25) is 0 Å². The fourth-order valence-electron chi connectivity index (χ4n) is 2.66. The van der Waals surface area contributed by atoms with Gasteiger partial charge in [-0.3, -0.25) is 4.99 Å². The van der Waals surface area contributed by atoms with Gasteiger partial charge in [0.15, 0.2) is 0 Å². The first-order valence-electron chi connectivity index (χ1n) is 11.8. The highest BCUT2D eigenvalue weighted by Gasteiger charge is 2.18. The second-order valence-corrected chi connectivity index (χ2v) is 5.47. The SMILES string of the molecule is [2H]C1=C(C([2H])([2H])[2H])C(C)C([2H])C(c2cc([2H])c([2H])c(C3([2H])CCCCC3)c2[2H])=N1. The van der Waals surface area contributed by atoms with E-state index < -0.39 is 31.2 Å². The van der Waals surface area contributed by atoms with Crippen molar-refractivity contribution in [3.05, 3.63) is 47.1 Å². The van der Waals surface area contributed by atoms with Crippen molar-refractivity contribution in [2.24, 2.45) is 10.9 Å².